The number of amides is 1. The minimum Gasteiger partial charge on any atom is -0.481 e. The predicted molar refractivity (Wildman–Crippen MR) is 84.5 cm³/mol. The Hall–Kier alpha value is -2.79. The van der Waals surface area contributed by atoms with Crippen LogP contribution in [-0.4, -0.2) is 34.9 Å². The smallest absolute Gasteiger partial charge is 0.307 e. The molecule has 1 amide bonds. The van der Waals surface area contributed by atoms with Crippen molar-refractivity contribution < 1.29 is 32.6 Å². The van der Waals surface area contributed by atoms with Crippen LogP contribution in [-0.2, 0) is 19.7 Å². The number of allylic oxidation sites excluding steroid dienone is 2. The number of nitro groups is 1. The van der Waals surface area contributed by atoms with Crippen molar-refractivity contribution in [2.75, 3.05) is 5.32 Å². The number of benzene rings is 1. The van der Waals surface area contributed by atoms with Crippen LogP contribution in [0.25, 0.3) is 0 Å². The fraction of sp³-hybridized carbons (Fsp3) is 0.286. The summed E-state index contributed by atoms with van der Waals surface area (Å²) < 4.78 is 31.3. The van der Waals surface area contributed by atoms with Crippen molar-refractivity contribution in [2.24, 2.45) is 11.8 Å². The summed E-state index contributed by atoms with van der Waals surface area (Å²) in [6.07, 6.45) is 3.73. The Bertz CT molecular complexity index is 862. The maximum absolute atomic E-state index is 12.3. The molecule has 2 atom stereocenters. The second-order valence-electron chi connectivity index (χ2n) is 5.40. The summed E-state index contributed by atoms with van der Waals surface area (Å²) >= 11 is 0. The molecule has 3 N–H and O–H groups in total. The number of rotatable bonds is 5. The molecular weight excluding hydrogens is 356 g/mol. The molecule has 0 fully saturated rings. The van der Waals surface area contributed by atoms with Crippen LogP contribution in [0.2, 0.25) is 0 Å². The molecule has 0 heterocycles. The van der Waals surface area contributed by atoms with Crippen LogP contribution in [0.5, 0.6) is 0 Å². The molecule has 1 aliphatic rings. The number of nitro benzene ring substituents is 1. The minimum atomic E-state index is -4.81. The standard InChI is InChI=1S/C14H14N2O8S/c17-13(9-3-1-2-4-10(9)14(18)19)15-8-5-6-12(25(22,23)24)11(7-8)16(20)21/h1-2,5-7,9-10H,3-4H2,(H,15,17)(H,18,19)(H,22,23,24). The summed E-state index contributed by atoms with van der Waals surface area (Å²) in [4.78, 5) is 32.6. The zero-order valence-corrected chi connectivity index (χ0v) is 13.5. The van der Waals surface area contributed by atoms with Gasteiger partial charge in [-0.2, -0.15) is 8.42 Å². The van der Waals surface area contributed by atoms with Gasteiger partial charge in [0.15, 0.2) is 4.90 Å². The molecule has 2 unspecified atom stereocenters. The third kappa shape index (κ3) is 4.19. The van der Waals surface area contributed by atoms with Crippen LogP contribution in [0.15, 0.2) is 35.2 Å². The molecule has 0 aliphatic heterocycles. The average Bonchev–Trinajstić information content (AvgIpc) is 2.53. The monoisotopic (exact) mass is 370 g/mol. The van der Waals surface area contributed by atoms with Crippen molar-refractivity contribution in [3.63, 3.8) is 0 Å². The Morgan fingerprint density at radius 3 is 2.32 bits per heavy atom. The Morgan fingerprint density at radius 1 is 1.20 bits per heavy atom. The van der Waals surface area contributed by atoms with E-state index in [1.165, 1.54) is 0 Å². The van der Waals surface area contributed by atoms with Crippen molar-refractivity contribution in [1.29, 1.82) is 0 Å². The van der Waals surface area contributed by atoms with Crippen LogP contribution in [0.4, 0.5) is 11.4 Å². The second kappa shape index (κ2) is 6.99. The van der Waals surface area contributed by atoms with Crippen molar-refractivity contribution in [3.8, 4) is 0 Å². The molecular formula is C14H14N2O8S. The molecule has 10 nitrogen and oxygen atoms in total. The van der Waals surface area contributed by atoms with Gasteiger partial charge >= 0.3 is 16.1 Å². The van der Waals surface area contributed by atoms with Gasteiger partial charge in [0.2, 0.25) is 5.91 Å². The molecule has 25 heavy (non-hydrogen) atoms. The van der Waals surface area contributed by atoms with Gasteiger partial charge in [0, 0.05) is 11.8 Å². The second-order valence-corrected chi connectivity index (χ2v) is 6.79. The summed E-state index contributed by atoms with van der Waals surface area (Å²) in [5.41, 5.74) is -0.985. The number of anilines is 1. The van der Waals surface area contributed by atoms with Gasteiger partial charge in [0.25, 0.3) is 5.69 Å². The van der Waals surface area contributed by atoms with Gasteiger partial charge in [-0.25, -0.2) is 0 Å². The summed E-state index contributed by atoms with van der Waals surface area (Å²) in [5.74, 6) is -3.55. The molecule has 11 heteroatoms. The topological polar surface area (TPSA) is 164 Å². The van der Waals surface area contributed by atoms with Gasteiger partial charge in [-0.05, 0) is 25.0 Å². The van der Waals surface area contributed by atoms with Crippen molar-refractivity contribution in [2.45, 2.75) is 17.7 Å². The molecule has 0 aromatic heterocycles. The Labute approximate surface area is 142 Å². The van der Waals surface area contributed by atoms with Gasteiger partial charge in [0.05, 0.1) is 16.8 Å². The molecule has 0 saturated heterocycles. The molecule has 1 aromatic rings. The van der Waals surface area contributed by atoms with Gasteiger partial charge in [-0.3, -0.25) is 24.3 Å². The number of carbonyl (C=O) groups excluding carboxylic acids is 1. The molecule has 1 aliphatic carbocycles. The Balaban J connectivity index is 2.29. The number of nitrogens with one attached hydrogen (secondary N) is 1. The van der Waals surface area contributed by atoms with E-state index in [1.807, 2.05) is 0 Å². The SMILES string of the molecule is O=C(O)C1CC=CCC1C(=O)Nc1ccc(S(=O)(=O)O)c([N+](=O)[O-])c1. The number of nitrogens with zero attached hydrogens (tertiary/aromatic N) is 1. The Kier molecular flexibility index (Phi) is 5.18. The zero-order chi connectivity index (χ0) is 18.8. The van der Waals surface area contributed by atoms with Crippen LogP contribution in [0.1, 0.15) is 12.8 Å². The molecule has 134 valence electrons. The van der Waals surface area contributed by atoms with Crippen molar-refractivity contribution in [3.05, 3.63) is 40.5 Å². The molecule has 0 spiro atoms. The van der Waals surface area contributed by atoms with E-state index in [4.69, 9.17) is 9.66 Å². The van der Waals surface area contributed by atoms with Gasteiger partial charge in [-0.15, -0.1) is 0 Å². The number of carbonyl (C=O) groups is 2. The number of aliphatic carboxylic acids is 1. The van der Waals surface area contributed by atoms with E-state index in [0.29, 0.717) is 0 Å². The van der Waals surface area contributed by atoms with Crippen LogP contribution < -0.4 is 5.32 Å². The quantitative estimate of drug-likeness (QED) is 0.303. The van der Waals surface area contributed by atoms with E-state index in [0.717, 1.165) is 18.2 Å². The predicted octanol–water partition coefficient (Wildman–Crippen LogP) is 1.45. The van der Waals surface area contributed by atoms with Gasteiger partial charge in [0.1, 0.15) is 0 Å². The van der Waals surface area contributed by atoms with E-state index in [9.17, 15) is 28.1 Å². The van der Waals surface area contributed by atoms with Gasteiger partial charge in [-0.1, -0.05) is 12.2 Å². The van der Waals surface area contributed by atoms with Crippen molar-refractivity contribution in [1.82, 2.24) is 0 Å². The fourth-order valence-electron chi connectivity index (χ4n) is 2.57. The van der Waals surface area contributed by atoms with E-state index in [2.05, 4.69) is 5.32 Å². The first-order chi connectivity index (χ1) is 11.6. The molecule has 1 aromatic carbocycles. The number of hydrogen-bond donors (Lipinski definition) is 3. The lowest BCUT2D eigenvalue weighted by Crippen LogP contribution is -2.34. The maximum Gasteiger partial charge on any atom is 0.307 e. The van der Waals surface area contributed by atoms with Crippen LogP contribution >= 0.6 is 0 Å². The first-order valence-corrected chi connectivity index (χ1v) is 8.50. The van der Waals surface area contributed by atoms with Crippen molar-refractivity contribution >= 4 is 33.4 Å². The first-order valence-electron chi connectivity index (χ1n) is 7.06. The average molecular weight is 370 g/mol. The molecule has 0 radical (unpaired) electrons. The summed E-state index contributed by atoms with van der Waals surface area (Å²) in [6.45, 7) is 0. The number of hydrogen-bond acceptors (Lipinski definition) is 6. The lowest BCUT2D eigenvalue weighted by Gasteiger charge is -2.24. The number of carboxylic acids is 1. The largest absolute Gasteiger partial charge is 0.481 e. The highest BCUT2D eigenvalue weighted by molar-refractivity contribution is 7.86. The highest BCUT2D eigenvalue weighted by atomic mass is 32.2. The first kappa shape index (κ1) is 18.5. The normalized spacial score (nSPS) is 20.0. The van der Waals surface area contributed by atoms with E-state index in [-0.39, 0.29) is 18.5 Å². The lowest BCUT2D eigenvalue weighted by atomic mass is 9.82. The minimum absolute atomic E-state index is 0.0807. The summed E-state index contributed by atoms with van der Waals surface area (Å²) in [5, 5.41) is 22.5. The van der Waals surface area contributed by atoms with E-state index >= 15 is 0 Å². The molecule has 0 bridgehead atoms. The third-order valence-electron chi connectivity index (χ3n) is 3.79. The highest BCUT2D eigenvalue weighted by Gasteiger charge is 2.34. The maximum atomic E-state index is 12.3. The van der Waals surface area contributed by atoms with Crippen LogP contribution in [0.3, 0.4) is 0 Å². The van der Waals surface area contributed by atoms with E-state index < -0.39 is 49.3 Å². The highest BCUT2D eigenvalue weighted by Crippen LogP contribution is 2.30. The van der Waals surface area contributed by atoms with Crippen LogP contribution in [0, 0.1) is 22.0 Å². The third-order valence-corrected chi connectivity index (χ3v) is 4.69. The zero-order valence-electron chi connectivity index (χ0n) is 12.7. The Morgan fingerprint density at radius 2 is 1.80 bits per heavy atom. The summed E-state index contributed by atoms with van der Waals surface area (Å²) in [6, 6.07) is 2.65. The van der Waals surface area contributed by atoms with Gasteiger partial charge < -0.3 is 10.4 Å². The molecule has 2 rings (SSSR count). The lowest BCUT2D eigenvalue weighted by molar-refractivity contribution is -0.387. The molecule has 0 saturated carbocycles. The number of carboxylic acid groups (broad SMARTS) is 1. The van der Waals surface area contributed by atoms with E-state index in [1.54, 1.807) is 12.2 Å². The summed E-state index contributed by atoms with van der Waals surface area (Å²) in [7, 11) is -4.81. The fourth-order valence-corrected chi connectivity index (χ4v) is 3.21.